The average molecular weight is 165 g/mol. The van der Waals surface area contributed by atoms with Crippen molar-refractivity contribution in [1.29, 1.82) is 0 Å². The van der Waals surface area contributed by atoms with Crippen molar-refractivity contribution in [2.24, 2.45) is 0 Å². The maximum atomic E-state index is 12.8. The fourth-order valence-electron chi connectivity index (χ4n) is 0.680. The van der Waals surface area contributed by atoms with Crippen LogP contribution in [0.1, 0.15) is 12.1 Å². The van der Waals surface area contributed by atoms with Crippen LogP contribution in [-0.2, 0) is 0 Å². The summed E-state index contributed by atoms with van der Waals surface area (Å²) in [7, 11) is 0. The topological polar surface area (TPSA) is 33.1 Å². The van der Waals surface area contributed by atoms with E-state index in [4.69, 9.17) is 5.11 Å². The fraction of sp³-hybridized carbons (Fsp3) is 0.222. The van der Waals surface area contributed by atoms with Crippen molar-refractivity contribution in [2.75, 3.05) is 6.61 Å². The van der Waals surface area contributed by atoms with Gasteiger partial charge in [0, 0.05) is 12.6 Å². The van der Waals surface area contributed by atoms with Crippen LogP contribution in [0.3, 0.4) is 0 Å². The van der Waals surface area contributed by atoms with Crippen LogP contribution >= 0.6 is 0 Å². The molecule has 0 amide bonds. The van der Waals surface area contributed by atoms with E-state index in [-0.39, 0.29) is 12.3 Å². The minimum absolute atomic E-state index is 0.0124. The van der Waals surface area contributed by atoms with E-state index < -0.39 is 5.82 Å². The first-order valence-electron chi connectivity index (χ1n) is 3.55. The number of nitrogens with zero attached hydrogens (tertiary/aromatic N) is 1. The van der Waals surface area contributed by atoms with Gasteiger partial charge in [-0.25, -0.2) is 9.37 Å². The third-order valence-electron chi connectivity index (χ3n) is 1.20. The molecule has 2 nitrogen and oxygen atoms in total. The highest BCUT2D eigenvalue weighted by Crippen LogP contribution is 1.99. The summed E-state index contributed by atoms with van der Waals surface area (Å²) in [4.78, 5) is 3.72. The van der Waals surface area contributed by atoms with Crippen molar-refractivity contribution < 1.29 is 9.50 Å². The zero-order valence-corrected chi connectivity index (χ0v) is 6.42. The molecule has 0 aliphatic carbocycles. The normalized spacial score (nSPS) is 8.83. The number of aromatic nitrogens is 1. The molecular formula is C9H8FNO. The van der Waals surface area contributed by atoms with E-state index in [9.17, 15) is 4.39 Å². The van der Waals surface area contributed by atoms with Crippen LogP contribution in [0.25, 0.3) is 0 Å². The lowest BCUT2D eigenvalue weighted by atomic mass is 10.3. The summed E-state index contributed by atoms with van der Waals surface area (Å²) in [5.41, 5.74) is 0.131. The van der Waals surface area contributed by atoms with Gasteiger partial charge in [-0.1, -0.05) is 5.92 Å². The molecule has 12 heavy (non-hydrogen) atoms. The van der Waals surface area contributed by atoms with Gasteiger partial charge in [-0.3, -0.25) is 0 Å². The van der Waals surface area contributed by atoms with Crippen molar-refractivity contribution in [3.8, 4) is 11.8 Å². The summed E-state index contributed by atoms with van der Waals surface area (Å²) in [6.07, 6.45) is 1.82. The summed E-state index contributed by atoms with van der Waals surface area (Å²) in [5, 5.41) is 8.40. The zero-order chi connectivity index (χ0) is 8.81. The lowest BCUT2D eigenvalue weighted by Crippen LogP contribution is -1.87. The van der Waals surface area contributed by atoms with Gasteiger partial charge in [0.1, 0.15) is 5.69 Å². The molecule has 0 saturated heterocycles. The molecule has 3 heteroatoms. The van der Waals surface area contributed by atoms with E-state index in [1.54, 1.807) is 0 Å². The minimum Gasteiger partial charge on any atom is -0.395 e. The Kier molecular flexibility index (Phi) is 3.24. The van der Waals surface area contributed by atoms with Gasteiger partial charge in [-0.15, -0.1) is 0 Å². The van der Waals surface area contributed by atoms with E-state index >= 15 is 0 Å². The molecule has 62 valence electrons. The van der Waals surface area contributed by atoms with Crippen molar-refractivity contribution >= 4 is 0 Å². The second-order valence-corrected chi connectivity index (χ2v) is 2.11. The van der Waals surface area contributed by atoms with Gasteiger partial charge >= 0.3 is 0 Å². The van der Waals surface area contributed by atoms with E-state index in [0.717, 1.165) is 0 Å². The third kappa shape index (κ3) is 2.33. The Morgan fingerprint density at radius 2 is 2.42 bits per heavy atom. The van der Waals surface area contributed by atoms with E-state index in [0.29, 0.717) is 6.42 Å². The van der Waals surface area contributed by atoms with Crippen LogP contribution in [0.5, 0.6) is 0 Å². The number of hydrogen-bond donors (Lipinski definition) is 1. The molecule has 0 atom stereocenters. The number of aliphatic hydroxyl groups excluding tert-OH is 1. The van der Waals surface area contributed by atoms with Crippen molar-refractivity contribution in [1.82, 2.24) is 4.98 Å². The Bertz CT molecular complexity index is 314. The quantitative estimate of drug-likeness (QED) is 0.628. The molecule has 1 rings (SSSR count). The summed E-state index contributed by atoms with van der Waals surface area (Å²) in [6, 6.07) is 2.81. The molecule has 1 heterocycles. The lowest BCUT2D eigenvalue weighted by Gasteiger charge is -1.89. The van der Waals surface area contributed by atoms with Gasteiger partial charge in [0.05, 0.1) is 6.61 Å². The van der Waals surface area contributed by atoms with Gasteiger partial charge in [0.15, 0.2) is 5.82 Å². The molecule has 0 fully saturated rings. The molecule has 0 unspecified atom stereocenters. The predicted molar refractivity (Wildman–Crippen MR) is 42.8 cm³/mol. The van der Waals surface area contributed by atoms with Crippen LogP contribution in [0.15, 0.2) is 18.3 Å². The largest absolute Gasteiger partial charge is 0.395 e. The molecule has 0 aliphatic heterocycles. The summed E-state index contributed by atoms with van der Waals surface area (Å²) >= 11 is 0. The van der Waals surface area contributed by atoms with Gasteiger partial charge in [-0.2, -0.15) is 0 Å². The predicted octanol–water partition coefficient (Wildman–Crippen LogP) is 0.955. The molecule has 0 radical (unpaired) electrons. The van der Waals surface area contributed by atoms with Crippen LogP contribution in [-0.4, -0.2) is 16.7 Å². The van der Waals surface area contributed by atoms with Gasteiger partial charge < -0.3 is 5.11 Å². The second kappa shape index (κ2) is 4.47. The van der Waals surface area contributed by atoms with Crippen molar-refractivity contribution in [2.45, 2.75) is 6.42 Å². The van der Waals surface area contributed by atoms with E-state index in [1.165, 1.54) is 18.3 Å². The third-order valence-corrected chi connectivity index (χ3v) is 1.20. The van der Waals surface area contributed by atoms with Crippen LogP contribution in [0.4, 0.5) is 4.39 Å². The summed E-state index contributed by atoms with van der Waals surface area (Å²) in [5.74, 6) is 4.68. The molecule has 0 bridgehead atoms. The summed E-state index contributed by atoms with van der Waals surface area (Å²) < 4.78 is 12.8. The number of rotatable bonds is 1. The van der Waals surface area contributed by atoms with Crippen molar-refractivity contribution in [3.63, 3.8) is 0 Å². The molecule has 1 N–H and O–H groups in total. The van der Waals surface area contributed by atoms with Crippen molar-refractivity contribution in [3.05, 3.63) is 29.8 Å². The maximum absolute atomic E-state index is 12.8. The van der Waals surface area contributed by atoms with Gasteiger partial charge in [0.25, 0.3) is 0 Å². The molecule has 0 aromatic carbocycles. The molecular weight excluding hydrogens is 157 g/mol. The maximum Gasteiger partial charge on any atom is 0.157 e. The molecule has 0 aliphatic rings. The number of halogens is 1. The molecule has 0 saturated carbocycles. The lowest BCUT2D eigenvalue weighted by molar-refractivity contribution is 0.305. The van der Waals surface area contributed by atoms with Gasteiger partial charge in [0.2, 0.25) is 0 Å². The fourth-order valence-corrected chi connectivity index (χ4v) is 0.680. The highest BCUT2D eigenvalue weighted by Gasteiger charge is 1.95. The number of hydrogen-bond acceptors (Lipinski definition) is 2. The van der Waals surface area contributed by atoms with Crippen LogP contribution in [0.2, 0.25) is 0 Å². The first-order valence-corrected chi connectivity index (χ1v) is 3.55. The Balaban J connectivity index is 2.77. The average Bonchev–Trinajstić information content (AvgIpc) is 2.09. The monoisotopic (exact) mass is 165 g/mol. The second-order valence-electron chi connectivity index (χ2n) is 2.11. The molecule has 1 aromatic heterocycles. The molecule has 0 spiro atoms. The zero-order valence-electron chi connectivity index (χ0n) is 6.42. The van der Waals surface area contributed by atoms with E-state index in [2.05, 4.69) is 16.8 Å². The minimum atomic E-state index is -0.428. The first-order chi connectivity index (χ1) is 5.84. The highest BCUT2D eigenvalue weighted by atomic mass is 19.1. The first kappa shape index (κ1) is 8.69. The number of aliphatic hydroxyl groups is 1. The Morgan fingerprint density at radius 1 is 1.58 bits per heavy atom. The SMILES string of the molecule is OCCC#Cc1ncccc1F. The Labute approximate surface area is 70.1 Å². The Morgan fingerprint density at radius 3 is 3.08 bits per heavy atom. The smallest absolute Gasteiger partial charge is 0.157 e. The summed E-state index contributed by atoms with van der Waals surface area (Å²) in [6.45, 7) is -0.0124. The number of pyridine rings is 1. The van der Waals surface area contributed by atoms with Crippen LogP contribution in [0, 0.1) is 17.7 Å². The van der Waals surface area contributed by atoms with E-state index in [1.807, 2.05) is 0 Å². The Hall–Kier alpha value is -1.40. The van der Waals surface area contributed by atoms with Crippen LogP contribution < -0.4 is 0 Å². The highest BCUT2D eigenvalue weighted by molar-refractivity contribution is 5.28. The standard InChI is InChI=1S/C9H8FNO/c10-8-4-3-6-11-9(8)5-1-2-7-12/h3-4,6,12H,2,7H2. The molecule has 1 aromatic rings. The van der Waals surface area contributed by atoms with Gasteiger partial charge in [-0.05, 0) is 18.1 Å².